The molecule has 132 valence electrons. The Balaban J connectivity index is 1.86. The summed E-state index contributed by atoms with van der Waals surface area (Å²) >= 11 is 0. The first-order valence-corrected chi connectivity index (χ1v) is 8.36. The van der Waals surface area contributed by atoms with Crippen molar-refractivity contribution < 1.29 is 19.0 Å². The van der Waals surface area contributed by atoms with Gasteiger partial charge >= 0.3 is 0 Å². The van der Waals surface area contributed by atoms with E-state index in [1.807, 2.05) is 44.2 Å². The van der Waals surface area contributed by atoms with Crippen molar-refractivity contribution in [3.05, 3.63) is 76.8 Å². The lowest BCUT2D eigenvalue weighted by Gasteiger charge is -2.23. The molecule has 0 spiro atoms. The van der Waals surface area contributed by atoms with Gasteiger partial charge in [-0.1, -0.05) is 18.2 Å². The van der Waals surface area contributed by atoms with Crippen LogP contribution >= 0.6 is 0 Å². The van der Waals surface area contributed by atoms with Crippen LogP contribution in [0.1, 0.15) is 30.5 Å². The molecule has 26 heavy (non-hydrogen) atoms. The van der Waals surface area contributed by atoms with Crippen LogP contribution in [0.3, 0.4) is 0 Å². The lowest BCUT2D eigenvalue weighted by atomic mass is 9.91. The molecule has 0 unspecified atom stereocenters. The second-order valence-electron chi connectivity index (χ2n) is 6.91. The van der Waals surface area contributed by atoms with E-state index in [9.17, 15) is 14.3 Å². The van der Waals surface area contributed by atoms with Crippen molar-refractivity contribution in [3.8, 4) is 0 Å². The highest BCUT2D eigenvalue weighted by atomic mass is 19.1. The van der Waals surface area contributed by atoms with Crippen LogP contribution in [0.15, 0.2) is 54.3 Å². The first-order chi connectivity index (χ1) is 12.4. The molecule has 0 atom stereocenters. The maximum atomic E-state index is 13.4. The number of halogens is 1. The molecule has 0 saturated carbocycles. The maximum Gasteiger partial charge on any atom is 0.260 e. The lowest BCUT2D eigenvalue weighted by molar-refractivity contribution is -0.111. The number of rotatable bonds is 2. The monoisotopic (exact) mass is 351 g/mol. The van der Waals surface area contributed by atoms with Gasteiger partial charge in [0.2, 0.25) is 0 Å². The van der Waals surface area contributed by atoms with Crippen molar-refractivity contribution >= 4 is 22.7 Å². The normalized spacial score (nSPS) is 20.5. The number of nitrogens with one attached hydrogen (secondary N) is 1. The summed E-state index contributed by atoms with van der Waals surface area (Å²) in [4.78, 5) is 12.5. The lowest BCUT2D eigenvalue weighted by Crippen LogP contribution is -2.21. The zero-order chi connectivity index (χ0) is 18.5. The van der Waals surface area contributed by atoms with Gasteiger partial charge in [-0.2, -0.15) is 0 Å². The standard InChI is InChI=1S/C21H18FNO3/c1-21(2)16(13-5-3-4-12(8-13)11-24)10-18(26-21)19-15-7-6-14(22)9-17(15)23-20(19)25/h3-10,24H,11H2,1-2H3,(H,23,25). The molecule has 0 saturated heterocycles. The van der Waals surface area contributed by atoms with E-state index in [-0.39, 0.29) is 12.5 Å². The molecule has 2 aromatic rings. The van der Waals surface area contributed by atoms with Crippen LogP contribution < -0.4 is 5.32 Å². The summed E-state index contributed by atoms with van der Waals surface area (Å²) in [7, 11) is 0. The second-order valence-corrected chi connectivity index (χ2v) is 6.91. The average molecular weight is 351 g/mol. The van der Waals surface area contributed by atoms with Gasteiger partial charge in [0.1, 0.15) is 17.2 Å². The van der Waals surface area contributed by atoms with Crippen molar-refractivity contribution in [2.24, 2.45) is 0 Å². The summed E-state index contributed by atoms with van der Waals surface area (Å²) in [5, 5.41) is 12.1. The van der Waals surface area contributed by atoms with Crippen LogP contribution in [-0.2, 0) is 16.1 Å². The Hall–Kier alpha value is -2.92. The molecule has 0 fully saturated rings. The number of hydrogen-bond donors (Lipinski definition) is 2. The molecular weight excluding hydrogens is 333 g/mol. The summed E-state index contributed by atoms with van der Waals surface area (Å²) in [6.45, 7) is 3.81. The van der Waals surface area contributed by atoms with Crippen molar-refractivity contribution in [2.45, 2.75) is 26.1 Å². The van der Waals surface area contributed by atoms with Gasteiger partial charge in [-0.15, -0.1) is 0 Å². The number of carbonyl (C=O) groups is 1. The largest absolute Gasteiger partial charge is 0.482 e. The smallest absolute Gasteiger partial charge is 0.260 e. The Bertz CT molecular complexity index is 989. The van der Waals surface area contributed by atoms with Gasteiger partial charge in [0.05, 0.1) is 17.9 Å². The van der Waals surface area contributed by atoms with E-state index < -0.39 is 11.4 Å². The fourth-order valence-corrected chi connectivity index (χ4v) is 3.45. The Labute approximate surface area is 150 Å². The third-order valence-electron chi connectivity index (χ3n) is 4.68. The van der Waals surface area contributed by atoms with Gasteiger partial charge in [-0.25, -0.2) is 4.39 Å². The molecule has 0 bridgehead atoms. The molecule has 2 N–H and O–H groups in total. The molecule has 2 aromatic carbocycles. The van der Waals surface area contributed by atoms with E-state index in [4.69, 9.17) is 4.74 Å². The van der Waals surface area contributed by atoms with E-state index in [0.29, 0.717) is 22.6 Å². The molecule has 2 aliphatic rings. The number of fused-ring (bicyclic) bond motifs is 1. The Morgan fingerprint density at radius 3 is 2.77 bits per heavy atom. The number of carbonyl (C=O) groups excluding carboxylic acids is 1. The minimum atomic E-state index is -0.639. The second kappa shape index (κ2) is 5.81. The van der Waals surface area contributed by atoms with Crippen LogP contribution in [0.25, 0.3) is 11.1 Å². The molecule has 2 aliphatic heterocycles. The predicted molar refractivity (Wildman–Crippen MR) is 97.5 cm³/mol. The van der Waals surface area contributed by atoms with Crippen molar-refractivity contribution in [2.75, 3.05) is 5.32 Å². The number of benzene rings is 2. The number of ether oxygens (including phenoxy) is 1. The van der Waals surface area contributed by atoms with Crippen LogP contribution in [0, 0.1) is 5.82 Å². The number of amides is 1. The van der Waals surface area contributed by atoms with Crippen LogP contribution in [0.5, 0.6) is 0 Å². The van der Waals surface area contributed by atoms with Gasteiger partial charge < -0.3 is 15.2 Å². The summed E-state index contributed by atoms with van der Waals surface area (Å²) in [6, 6.07) is 11.8. The van der Waals surface area contributed by atoms with Crippen molar-refractivity contribution in [1.82, 2.24) is 0 Å². The number of aliphatic hydroxyl groups is 1. The predicted octanol–water partition coefficient (Wildman–Crippen LogP) is 3.87. The fourth-order valence-electron chi connectivity index (χ4n) is 3.45. The maximum absolute atomic E-state index is 13.4. The van der Waals surface area contributed by atoms with E-state index in [1.165, 1.54) is 12.1 Å². The first kappa shape index (κ1) is 16.5. The van der Waals surface area contributed by atoms with Gasteiger partial charge in [-0.3, -0.25) is 4.79 Å². The number of anilines is 1. The topological polar surface area (TPSA) is 58.6 Å². The van der Waals surface area contributed by atoms with Crippen LogP contribution in [0.4, 0.5) is 10.1 Å². The molecular formula is C21H18FNO3. The highest BCUT2D eigenvalue weighted by Crippen LogP contribution is 2.44. The molecule has 1 amide bonds. The van der Waals surface area contributed by atoms with Crippen molar-refractivity contribution in [3.63, 3.8) is 0 Å². The SMILES string of the molecule is CC1(C)OC(=C2C(=O)Nc3cc(F)ccc32)C=C1c1cccc(CO)c1. The number of hydrogen-bond acceptors (Lipinski definition) is 3. The molecule has 4 rings (SSSR count). The number of aliphatic hydroxyl groups excluding tert-OH is 1. The number of allylic oxidation sites excluding steroid dienone is 1. The molecule has 0 aliphatic carbocycles. The molecule has 5 heteroatoms. The fraction of sp³-hybridized carbons (Fsp3) is 0.190. The van der Waals surface area contributed by atoms with Crippen LogP contribution in [0.2, 0.25) is 0 Å². The highest BCUT2D eigenvalue weighted by Gasteiger charge is 2.38. The van der Waals surface area contributed by atoms with Gasteiger partial charge in [0.25, 0.3) is 5.91 Å². The van der Waals surface area contributed by atoms with E-state index in [1.54, 1.807) is 6.07 Å². The van der Waals surface area contributed by atoms with E-state index in [0.717, 1.165) is 16.7 Å². The first-order valence-electron chi connectivity index (χ1n) is 8.36. The quantitative estimate of drug-likeness (QED) is 0.808. The Morgan fingerprint density at radius 1 is 1.19 bits per heavy atom. The minimum Gasteiger partial charge on any atom is -0.482 e. The van der Waals surface area contributed by atoms with Gasteiger partial charge in [-0.05, 0) is 55.3 Å². The average Bonchev–Trinajstić information content (AvgIpc) is 3.09. The third kappa shape index (κ3) is 2.61. The summed E-state index contributed by atoms with van der Waals surface area (Å²) in [5.41, 5.74) is 3.49. The third-order valence-corrected chi connectivity index (χ3v) is 4.68. The molecule has 0 aromatic heterocycles. The van der Waals surface area contributed by atoms with E-state index >= 15 is 0 Å². The highest BCUT2D eigenvalue weighted by molar-refractivity contribution is 6.32. The Kier molecular flexibility index (Phi) is 3.70. The van der Waals surface area contributed by atoms with Crippen molar-refractivity contribution in [1.29, 1.82) is 0 Å². The molecule has 0 radical (unpaired) electrons. The summed E-state index contributed by atoms with van der Waals surface area (Å²) in [6.07, 6.45) is 1.85. The van der Waals surface area contributed by atoms with Gasteiger partial charge in [0, 0.05) is 11.1 Å². The van der Waals surface area contributed by atoms with E-state index in [2.05, 4.69) is 5.32 Å². The van der Waals surface area contributed by atoms with Gasteiger partial charge in [0.15, 0.2) is 0 Å². The zero-order valence-corrected chi connectivity index (χ0v) is 14.5. The summed E-state index contributed by atoms with van der Waals surface area (Å²) in [5.74, 6) is -0.250. The van der Waals surface area contributed by atoms with Crippen LogP contribution in [-0.4, -0.2) is 16.6 Å². The zero-order valence-electron chi connectivity index (χ0n) is 14.5. The molecule has 4 nitrogen and oxygen atoms in total. The summed E-state index contributed by atoms with van der Waals surface area (Å²) < 4.78 is 19.5. The minimum absolute atomic E-state index is 0.0440. The Morgan fingerprint density at radius 2 is 2.00 bits per heavy atom. The molecule has 2 heterocycles.